The summed E-state index contributed by atoms with van der Waals surface area (Å²) in [5, 5.41) is 0. The number of anilines is 1. The molecule has 1 aliphatic rings. The van der Waals surface area contributed by atoms with Crippen LogP contribution in [0.5, 0.6) is 0 Å². The molecule has 1 amide bonds. The van der Waals surface area contributed by atoms with Gasteiger partial charge in [0.2, 0.25) is 10.0 Å². The van der Waals surface area contributed by atoms with Gasteiger partial charge in [-0.25, -0.2) is 8.42 Å². The Morgan fingerprint density at radius 2 is 1.75 bits per heavy atom. The van der Waals surface area contributed by atoms with Gasteiger partial charge in [-0.1, -0.05) is 26.0 Å². The van der Waals surface area contributed by atoms with E-state index < -0.39 is 10.0 Å². The van der Waals surface area contributed by atoms with Crippen LogP contribution in [0.1, 0.15) is 35.3 Å². The number of sulfonamides is 1. The third-order valence-electron chi connectivity index (χ3n) is 4.97. The number of nitrogens with two attached hydrogens (primary N) is 1. The molecule has 0 spiro atoms. The van der Waals surface area contributed by atoms with E-state index in [-0.39, 0.29) is 23.2 Å². The third-order valence-corrected chi connectivity index (χ3v) is 7.02. The van der Waals surface area contributed by atoms with Crippen molar-refractivity contribution in [1.82, 2.24) is 4.31 Å². The normalized spacial score (nSPS) is 13.4. The van der Waals surface area contributed by atoms with Gasteiger partial charge in [0.1, 0.15) is 0 Å². The van der Waals surface area contributed by atoms with E-state index >= 15 is 0 Å². The monoisotopic (exact) mass is 423 g/mol. The number of fused-ring (bicyclic) bond motifs is 1. The minimum atomic E-state index is -3.50. The predicted molar refractivity (Wildman–Crippen MR) is 114 cm³/mol. The molecule has 152 valence electrons. The van der Waals surface area contributed by atoms with Crippen molar-refractivity contribution in [3.05, 3.63) is 59.2 Å². The van der Waals surface area contributed by atoms with E-state index in [1.165, 1.54) is 4.31 Å². The summed E-state index contributed by atoms with van der Waals surface area (Å²) in [5.41, 5.74) is 8.84. The predicted octanol–water partition coefficient (Wildman–Crippen LogP) is 2.80. The van der Waals surface area contributed by atoms with Crippen LogP contribution in [-0.2, 0) is 23.0 Å². The lowest BCUT2D eigenvalue weighted by Crippen LogP contribution is -2.30. The minimum absolute atomic E-state index is 0. The van der Waals surface area contributed by atoms with Gasteiger partial charge in [-0.15, -0.1) is 12.4 Å². The number of amides is 1. The molecule has 0 fully saturated rings. The van der Waals surface area contributed by atoms with E-state index in [9.17, 15) is 13.2 Å². The van der Waals surface area contributed by atoms with Crippen molar-refractivity contribution in [2.75, 3.05) is 24.5 Å². The number of carbonyl (C=O) groups excluding carboxylic acids is 1. The molecule has 3 rings (SSSR count). The van der Waals surface area contributed by atoms with Gasteiger partial charge in [0.05, 0.1) is 4.90 Å². The van der Waals surface area contributed by atoms with Crippen molar-refractivity contribution in [3.8, 4) is 0 Å². The van der Waals surface area contributed by atoms with Crippen LogP contribution in [0, 0.1) is 0 Å². The Hall–Kier alpha value is -1.93. The second-order valence-electron chi connectivity index (χ2n) is 6.49. The first kappa shape index (κ1) is 22.4. The maximum atomic E-state index is 12.9. The molecule has 1 aliphatic heterocycles. The average Bonchev–Trinajstić information content (AvgIpc) is 3.11. The van der Waals surface area contributed by atoms with Gasteiger partial charge in [-0.2, -0.15) is 4.31 Å². The summed E-state index contributed by atoms with van der Waals surface area (Å²) in [7, 11) is -3.50. The molecule has 8 heteroatoms. The van der Waals surface area contributed by atoms with Gasteiger partial charge in [0.25, 0.3) is 5.91 Å². The highest BCUT2D eigenvalue weighted by Crippen LogP contribution is 2.32. The standard InChI is InChI=1S/C20H25N3O3S.ClH/c1-3-22(4-2)27(25,26)18-9-10-19-17(13-18)11-12-23(19)20(24)16-7-5-15(14-21)6-8-16;/h5-10,13H,3-4,11-12,14,21H2,1-2H3;1H. The summed E-state index contributed by atoms with van der Waals surface area (Å²) >= 11 is 0. The zero-order valence-corrected chi connectivity index (χ0v) is 17.7. The molecule has 2 N–H and O–H groups in total. The van der Waals surface area contributed by atoms with Gasteiger partial charge >= 0.3 is 0 Å². The summed E-state index contributed by atoms with van der Waals surface area (Å²) in [5.74, 6) is -0.0864. The van der Waals surface area contributed by atoms with E-state index in [0.29, 0.717) is 38.2 Å². The van der Waals surface area contributed by atoms with Gasteiger partial charge < -0.3 is 10.6 Å². The van der Waals surface area contributed by atoms with E-state index in [0.717, 1.165) is 16.8 Å². The molecule has 0 saturated heterocycles. The fraction of sp³-hybridized carbons (Fsp3) is 0.350. The Kier molecular flexibility index (Phi) is 7.22. The molecule has 0 aliphatic carbocycles. The first-order chi connectivity index (χ1) is 12.9. The van der Waals surface area contributed by atoms with Crippen molar-refractivity contribution in [2.45, 2.75) is 31.7 Å². The number of nitrogens with zero attached hydrogens (tertiary/aromatic N) is 2. The lowest BCUT2D eigenvalue weighted by atomic mass is 10.1. The van der Waals surface area contributed by atoms with Crippen LogP contribution in [0.25, 0.3) is 0 Å². The molecular weight excluding hydrogens is 398 g/mol. The third kappa shape index (κ3) is 4.07. The topological polar surface area (TPSA) is 83.7 Å². The van der Waals surface area contributed by atoms with Crippen molar-refractivity contribution in [3.63, 3.8) is 0 Å². The number of benzene rings is 2. The highest BCUT2D eigenvalue weighted by Gasteiger charge is 2.28. The van der Waals surface area contributed by atoms with Crippen LogP contribution in [-0.4, -0.2) is 38.3 Å². The van der Waals surface area contributed by atoms with Crippen LogP contribution >= 0.6 is 12.4 Å². The number of halogens is 1. The van der Waals surface area contributed by atoms with Crippen molar-refractivity contribution in [1.29, 1.82) is 0 Å². The first-order valence-corrected chi connectivity index (χ1v) is 10.6. The molecule has 28 heavy (non-hydrogen) atoms. The zero-order chi connectivity index (χ0) is 19.6. The van der Waals surface area contributed by atoms with E-state index in [1.807, 2.05) is 26.0 Å². The van der Waals surface area contributed by atoms with Gasteiger partial charge in [0.15, 0.2) is 0 Å². The van der Waals surface area contributed by atoms with E-state index in [4.69, 9.17) is 5.73 Å². The Morgan fingerprint density at radius 3 is 2.32 bits per heavy atom. The molecule has 2 aromatic rings. The average molecular weight is 424 g/mol. The van der Waals surface area contributed by atoms with E-state index in [1.54, 1.807) is 35.2 Å². The maximum absolute atomic E-state index is 12.9. The Bertz CT molecular complexity index is 942. The lowest BCUT2D eigenvalue weighted by molar-refractivity contribution is 0.0989. The molecule has 0 atom stereocenters. The van der Waals surface area contributed by atoms with Crippen LogP contribution in [0.3, 0.4) is 0 Å². The van der Waals surface area contributed by atoms with Gasteiger partial charge in [-0.3, -0.25) is 4.79 Å². The molecule has 1 heterocycles. The molecule has 0 unspecified atom stereocenters. The molecule has 0 bridgehead atoms. The molecule has 6 nitrogen and oxygen atoms in total. The van der Waals surface area contributed by atoms with Crippen LogP contribution in [0.4, 0.5) is 5.69 Å². The molecule has 0 aromatic heterocycles. The first-order valence-electron chi connectivity index (χ1n) is 9.16. The fourth-order valence-electron chi connectivity index (χ4n) is 3.40. The lowest BCUT2D eigenvalue weighted by Gasteiger charge is -2.20. The second-order valence-corrected chi connectivity index (χ2v) is 8.43. The van der Waals surface area contributed by atoms with Crippen molar-refractivity contribution < 1.29 is 13.2 Å². The summed E-state index contributed by atoms with van der Waals surface area (Å²) < 4.78 is 26.9. The molecular formula is C20H26ClN3O3S. The Labute approximate surface area is 172 Å². The molecule has 0 radical (unpaired) electrons. The summed E-state index contributed by atoms with van der Waals surface area (Å²) in [6.45, 7) is 5.49. The van der Waals surface area contributed by atoms with Crippen LogP contribution < -0.4 is 10.6 Å². The summed E-state index contributed by atoms with van der Waals surface area (Å²) in [6, 6.07) is 12.3. The van der Waals surface area contributed by atoms with Crippen molar-refractivity contribution in [2.24, 2.45) is 5.73 Å². The Balaban J connectivity index is 0.00000280. The van der Waals surface area contributed by atoms with E-state index in [2.05, 4.69) is 0 Å². The Morgan fingerprint density at radius 1 is 1.11 bits per heavy atom. The number of hydrogen-bond acceptors (Lipinski definition) is 4. The minimum Gasteiger partial charge on any atom is -0.326 e. The zero-order valence-electron chi connectivity index (χ0n) is 16.1. The van der Waals surface area contributed by atoms with Gasteiger partial charge in [-0.05, 0) is 47.9 Å². The highest BCUT2D eigenvalue weighted by molar-refractivity contribution is 7.89. The van der Waals surface area contributed by atoms with Gasteiger partial charge in [0, 0.05) is 37.4 Å². The second kappa shape index (κ2) is 9.05. The number of hydrogen-bond donors (Lipinski definition) is 1. The molecule has 2 aromatic carbocycles. The largest absolute Gasteiger partial charge is 0.326 e. The number of carbonyl (C=O) groups is 1. The fourth-order valence-corrected chi connectivity index (χ4v) is 4.91. The summed E-state index contributed by atoms with van der Waals surface area (Å²) in [4.78, 5) is 14.9. The highest BCUT2D eigenvalue weighted by atomic mass is 35.5. The SMILES string of the molecule is CCN(CC)S(=O)(=O)c1ccc2c(c1)CCN2C(=O)c1ccc(CN)cc1.Cl. The smallest absolute Gasteiger partial charge is 0.258 e. The molecule has 0 saturated carbocycles. The van der Waals surface area contributed by atoms with Crippen LogP contribution in [0.15, 0.2) is 47.4 Å². The quantitative estimate of drug-likeness (QED) is 0.774. The number of rotatable bonds is 6. The maximum Gasteiger partial charge on any atom is 0.258 e. The summed E-state index contributed by atoms with van der Waals surface area (Å²) in [6.07, 6.45) is 0.642. The van der Waals surface area contributed by atoms with Crippen molar-refractivity contribution >= 4 is 34.0 Å². The van der Waals surface area contributed by atoms with Crippen LogP contribution in [0.2, 0.25) is 0 Å².